The van der Waals surface area contributed by atoms with E-state index in [0.717, 1.165) is 12.1 Å². The first kappa shape index (κ1) is 21.1. The molecule has 1 aromatic heterocycles. The number of carbonyl (C=O) groups is 2. The van der Waals surface area contributed by atoms with Crippen molar-refractivity contribution in [3.05, 3.63) is 58.1 Å². The molecule has 2 N–H and O–H groups in total. The standard InChI is InChI=1S/C20H13ClF3N3O3S/c21-13-6-15-16(30-8-18(29)27-15)7-14(13)26-17(28)5-12-9-31-19(25-12)10-1-3-11(4-2-10)20(22,23)24/h1-4,6-7,9H,5,8H2,(H,26,28)(H,27,29). The summed E-state index contributed by atoms with van der Waals surface area (Å²) in [7, 11) is 0. The minimum Gasteiger partial charge on any atom is -0.482 e. The maximum absolute atomic E-state index is 12.7. The second-order valence-corrected chi connectivity index (χ2v) is 7.87. The Hall–Kier alpha value is -3.11. The number of anilines is 2. The van der Waals surface area contributed by atoms with Gasteiger partial charge in [-0.3, -0.25) is 9.59 Å². The van der Waals surface area contributed by atoms with E-state index in [1.54, 1.807) is 5.38 Å². The van der Waals surface area contributed by atoms with Gasteiger partial charge in [-0.1, -0.05) is 23.7 Å². The number of alkyl halides is 3. The predicted octanol–water partition coefficient (Wildman–Crippen LogP) is 4.99. The van der Waals surface area contributed by atoms with Crippen LogP contribution >= 0.6 is 22.9 Å². The fourth-order valence-electron chi connectivity index (χ4n) is 2.88. The maximum Gasteiger partial charge on any atom is 0.416 e. The Morgan fingerprint density at radius 3 is 2.71 bits per heavy atom. The van der Waals surface area contributed by atoms with Crippen LogP contribution in [0, 0.1) is 0 Å². The van der Waals surface area contributed by atoms with E-state index in [0.29, 0.717) is 33.4 Å². The molecule has 1 aliphatic heterocycles. The van der Waals surface area contributed by atoms with Crippen LogP contribution in [0.4, 0.5) is 24.5 Å². The number of amides is 2. The summed E-state index contributed by atoms with van der Waals surface area (Å²) in [4.78, 5) is 28.1. The van der Waals surface area contributed by atoms with Gasteiger partial charge in [0.15, 0.2) is 6.61 Å². The molecule has 2 aromatic carbocycles. The van der Waals surface area contributed by atoms with Gasteiger partial charge in [0.2, 0.25) is 5.91 Å². The Morgan fingerprint density at radius 1 is 1.26 bits per heavy atom. The first-order valence-electron chi connectivity index (χ1n) is 8.87. The maximum atomic E-state index is 12.7. The molecule has 0 radical (unpaired) electrons. The topological polar surface area (TPSA) is 80.3 Å². The number of halogens is 4. The second-order valence-electron chi connectivity index (χ2n) is 6.61. The summed E-state index contributed by atoms with van der Waals surface area (Å²) in [6, 6.07) is 7.67. The van der Waals surface area contributed by atoms with Crippen LogP contribution in [0.15, 0.2) is 41.8 Å². The summed E-state index contributed by atoms with van der Waals surface area (Å²) in [6.07, 6.45) is -4.46. The highest BCUT2D eigenvalue weighted by Gasteiger charge is 2.30. The Morgan fingerprint density at radius 2 is 2.00 bits per heavy atom. The van der Waals surface area contributed by atoms with E-state index in [4.69, 9.17) is 16.3 Å². The van der Waals surface area contributed by atoms with Gasteiger partial charge in [-0.2, -0.15) is 13.2 Å². The lowest BCUT2D eigenvalue weighted by Crippen LogP contribution is -2.25. The van der Waals surface area contributed by atoms with Crippen molar-refractivity contribution in [2.45, 2.75) is 12.6 Å². The van der Waals surface area contributed by atoms with E-state index in [1.165, 1.54) is 35.6 Å². The van der Waals surface area contributed by atoms with Gasteiger partial charge in [-0.25, -0.2) is 4.98 Å². The number of ether oxygens (including phenoxy) is 1. The first-order valence-corrected chi connectivity index (χ1v) is 10.1. The van der Waals surface area contributed by atoms with Crippen molar-refractivity contribution in [3.8, 4) is 16.3 Å². The number of thiazole rings is 1. The van der Waals surface area contributed by atoms with Crippen molar-refractivity contribution >= 4 is 46.1 Å². The lowest BCUT2D eigenvalue weighted by molar-refractivity contribution is -0.137. The summed E-state index contributed by atoms with van der Waals surface area (Å²) >= 11 is 7.40. The number of nitrogens with one attached hydrogen (secondary N) is 2. The van der Waals surface area contributed by atoms with Crippen LogP contribution in [0.2, 0.25) is 5.02 Å². The van der Waals surface area contributed by atoms with E-state index in [1.807, 2.05) is 0 Å². The van der Waals surface area contributed by atoms with Crippen molar-refractivity contribution in [1.29, 1.82) is 0 Å². The van der Waals surface area contributed by atoms with Crippen molar-refractivity contribution < 1.29 is 27.5 Å². The molecule has 0 fully saturated rings. The quantitative estimate of drug-likeness (QED) is 0.566. The summed E-state index contributed by atoms with van der Waals surface area (Å²) in [5, 5.41) is 7.69. The smallest absolute Gasteiger partial charge is 0.416 e. The number of carbonyl (C=O) groups excluding carboxylic acids is 2. The molecular weight excluding hydrogens is 455 g/mol. The van der Waals surface area contributed by atoms with Crippen LogP contribution in [0.1, 0.15) is 11.3 Å². The van der Waals surface area contributed by atoms with Crippen molar-refractivity contribution in [2.24, 2.45) is 0 Å². The van der Waals surface area contributed by atoms with E-state index in [2.05, 4.69) is 15.6 Å². The lowest BCUT2D eigenvalue weighted by atomic mass is 10.1. The Bertz CT molecular complexity index is 1160. The molecular formula is C20H13ClF3N3O3S. The molecule has 11 heteroatoms. The zero-order valence-corrected chi connectivity index (χ0v) is 17.1. The molecule has 160 valence electrons. The van der Waals surface area contributed by atoms with Gasteiger partial charge in [0.1, 0.15) is 10.8 Å². The number of hydrogen-bond acceptors (Lipinski definition) is 5. The van der Waals surface area contributed by atoms with E-state index in [9.17, 15) is 22.8 Å². The van der Waals surface area contributed by atoms with Crippen molar-refractivity contribution in [2.75, 3.05) is 17.2 Å². The largest absolute Gasteiger partial charge is 0.482 e. The molecule has 1 aliphatic rings. The molecule has 0 unspecified atom stereocenters. The number of hydrogen-bond donors (Lipinski definition) is 2. The zero-order valence-electron chi connectivity index (χ0n) is 15.5. The molecule has 4 rings (SSSR count). The van der Waals surface area contributed by atoms with Crippen LogP contribution in [0.3, 0.4) is 0 Å². The van der Waals surface area contributed by atoms with E-state index in [-0.39, 0.29) is 29.9 Å². The van der Waals surface area contributed by atoms with Crippen molar-refractivity contribution in [3.63, 3.8) is 0 Å². The Kier molecular flexibility index (Phi) is 5.59. The minimum atomic E-state index is -4.40. The van der Waals surface area contributed by atoms with E-state index < -0.39 is 11.7 Å². The molecule has 2 amide bonds. The van der Waals surface area contributed by atoms with Gasteiger partial charge in [-0.15, -0.1) is 11.3 Å². The second kappa shape index (κ2) is 8.20. The monoisotopic (exact) mass is 467 g/mol. The predicted molar refractivity (Wildman–Crippen MR) is 110 cm³/mol. The van der Waals surface area contributed by atoms with Gasteiger partial charge in [0.05, 0.1) is 34.1 Å². The van der Waals surface area contributed by atoms with Gasteiger partial charge in [-0.05, 0) is 18.2 Å². The number of fused-ring (bicyclic) bond motifs is 1. The SMILES string of the molecule is O=C(Cc1csc(-c2ccc(C(F)(F)F)cc2)n1)Nc1cc2c(cc1Cl)NC(=O)CO2. The molecule has 6 nitrogen and oxygen atoms in total. The summed E-state index contributed by atoms with van der Waals surface area (Å²) in [5.41, 5.74) is 0.995. The lowest BCUT2D eigenvalue weighted by Gasteiger charge is -2.19. The highest BCUT2D eigenvalue weighted by atomic mass is 35.5. The average Bonchev–Trinajstić information content (AvgIpc) is 3.16. The number of rotatable bonds is 4. The number of nitrogens with zero attached hydrogens (tertiary/aromatic N) is 1. The molecule has 0 atom stereocenters. The molecule has 0 aliphatic carbocycles. The zero-order chi connectivity index (χ0) is 22.2. The third kappa shape index (κ3) is 4.80. The van der Waals surface area contributed by atoms with Crippen LogP contribution < -0.4 is 15.4 Å². The molecule has 2 heterocycles. The first-order chi connectivity index (χ1) is 14.7. The highest BCUT2D eigenvalue weighted by molar-refractivity contribution is 7.13. The molecule has 0 bridgehead atoms. The number of benzene rings is 2. The van der Waals surface area contributed by atoms with Gasteiger partial charge < -0.3 is 15.4 Å². The van der Waals surface area contributed by atoms with Crippen LogP contribution in [-0.2, 0) is 22.2 Å². The van der Waals surface area contributed by atoms with Gasteiger partial charge >= 0.3 is 6.18 Å². The minimum absolute atomic E-state index is 0.0534. The van der Waals surface area contributed by atoms with Crippen LogP contribution in [0.25, 0.3) is 10.6 Å². The third-order valence-electron chi connectivity index (χ3n) is 4.33. The number of aromatic nitrogens is 1. The fourth-order valence-corrected chi connectivity index (χ4v) is 3.91. The van der Waals surface area contributed by atoms with Crippen LogP contribution in [-0.4, -0.2) is 23.4 Å². The summed E-state index contributed by atoms with van der Waals surface area (Å²) in [6.45, 7) is -0.131. The highest BCUT2D eigenvalue weighted by Crippen LogP contribution is 2.36. The average molecular weight is 468 g/mol. The molecule has 3 aromatic rings. The van der Waals surface area contributed by atoms with Crippen molar-refractivity contribution in [1.82, 2.24) is 4.98 Å². The fraction of sp³-hybridized carbons (Fsp3) is 0.150. The molecule has 0 spiro atoms. The Balaban J connectivity index is 1.43. The molecule has 0 saturated heterocycles. The van der Waals surface area contributed by atoms with Gasteiger partial charge in [0.25, 0.3) is 5.91 Å². The molecule has 31 heavy (non-hydrogen) atoms. The third-order valence-corrected chi connectivity index (χ3v) is 5.58. The normalized spacial score (nSPS) is 13.2. The van der Waals surface area contributed by atoms with Gasteiger partial charge in [0, 0.05) is 17.0 Å². The Labute approximate surface area is 183 Å². The van der Waals surface area contributed by atoms with Crippen LogP contribution in [0.5, 0.6) is 5.75 Å². The summed E-state index contributed by atoms with van der Waals surface area (Å²) in [5.74, 6) is -0.295. The van der Waals surface area contributed by atoms with E-state index >= 15 is 0 Å². The molecule has 0 saturated carbocycles. The summed E-state index contributed by atoms with van der Waals surface area (Å²) < 4.78 is 43.4.